The Hall–Kier alpha value is -0.130. The summed E-state index contributed by atoms with van der Waals surface area (Å²) in [5.74, 6) is 0.350. The first-order valence-electron chi connectivity index (χ1n) is 6.79. The molecule has 2 rings (SSSR count). The number of hydrogen-bond acceptors (Lipinski definition) is 4. The molecule has 2 unspecified atom stereocenters. The van der Waals surface area contributed by atoms with Gasteiger partial charge in [-0.25, -0.2) is 0 Å². The van der Waals surface area contributed by atoms with E-state index in [2.05, 4.69) is 40.2 Å². The van der Waals surface area contributed by atoms with Crippen molar-refractivity contribution < 1.29 is 9.53 Å². The summed E-state index contributed by atoms with van der Waals surface area (Å²) in [4.78, 5) is 12.6. The van der Waals surface area contributed by atoms with E-state index >= 15 is 0 Å². The van der Waals surface area contributed by atoms with E-state index in [9.17, 15) is 4.79 Å². The molecule has 1 aliphatic rings. The number of benzene rings is 1. The summed E-state index contributed by atoms with van der Waals surface area (Å²) in [7, 11) is 1.46. The molecule has 0 radical (unpaired) electrons. The quantitative estimate of drug-likeness (QED) is 0.694. The van der Waals surface area contributed by atoms with Crippen LogP contribution in [0, 0.1) is 0 Å². The highest BCUT2D eigenvalue weighted by Crippen LogP contribution is 2.39. The molecule has 2 atom stereocenters. The van der Waals surface area contributed by atoms with Crippen molar-refractivity contribution >= 4 is 45.4 Å². The highest BCUT2D eigenvalue weighted by molar-refractivity contribution is 9.10. The molecule has 0 amide bonds. The third-order valence-corrected chi connectivity index (χ3v) is 6.82. The number of hydrogen-bond donors (Lipinski definition) is 0. The molecule has 1 saturated carbocycles. The van der Waals surface area contributed by atoms with E-state index in [1.165, 1.54) is 37.7 Å². The maximum absolute atomic E-state index is 11.3. The van der Waals surface area contributed by atoms with Gasteiger partial charge in [-0.1, -0.05) is 34.8 Å². The number of thioether (sulfide) groups is 2. The second-order valence-electron chi connectivity index (χ2n) is 4.82. The molecule has 110 valence electrons. The van der Waals surface area contributed by atoms with Crippen LogP contribution in [0.15, 0.2) is 33.6 Å². The van der Waals surface area contributed by atoms with Gasteiger partial charge in [0.2, 0.25) is 0 Å². The molecule has 1 fully saturated rings. The van der Waals surface area contributed by atoms with Crippen molar-refractivity contribution in [2.45, 2.75) is 41.1 Å². The van der Waals surface area contributed by atoms with Crippen LogP contribution < -0.4 is 0 Å². The first-order chi connectivity index (χ1) is 9.69. The van der Waals surface area contributed by atoms with Crippen LogP contribution in [0.2, 0.25) is 0 Å². The molecule has 5 heteroatoms. The minimum Gasteiger partial charge on any atom is -0.468 e. The Labute approximate surface area is 137 Å². The van der Waals surface area contributed by atoms with E-state index in [4.69, 9.17) is 4.74 Å². The van der Waals surface area contributed by atoms with E-state index in [0.29, 0.717) is 16.3 Å². The maximum atomic E-state index is 11.3. The second-order valence-corrected chi connectivity index (χ2v) is 8.28. The molecule has 2 nitrogen and oxygen atoms in total. The van der Waals surface area contributed by atoms with Gasteiger partial charge in [-0.05, 0) is 31.0 Å². The van der Waals surface area contributed by atoms with Gasteiger partial charge >= 0.3 is 5.97 Å². The van der Waals surface area contributed by atoms with Crippen molar-refractivity contribution in [3.8, 4) is 0 Å². The number of halogens is 1. The van der Waals surface area contributed by atoms with Crippen molar-refractivity contribution in [3.63, 3.8) is 0 Å². The molecule has 1 aromatic rings. The zero-order valence-electron chi connectivity index (χ0n) is 11.5. The fourth-order valence-corrected chi connectivity index (χ4v) is 5.72. The summed E-state index contributed by atoms with van der Waals surface area (Å²) in [6.07, 6.45) is 5.00. The smallest absolute Gasteiger partial charge is 0.315 e. The number of rotatable bonds is 5. The van der Waals surface area contributed by atoms with Crippen LogP contribution in [0.3, 0.4) is 0 Å². The minimum atomic E-state index is -0.119. The molecule has 0 saturated heterocycles. The largest absolute Gasteiger partial charge is 0.468 e. The van der Waals surface area contributed by atoms with E-state index in [1.807, 2.05) is 11.8 Å². The van der Waals surface area contributed by atoms with Crippen LogP contribution in [-0.2, 0) is 9.53 Å². The Bertz CT molecular complexity index is 453. The molecule has 0 bridgehead atoms. The Morgan fingerprint density at radius 3 is 2.80 bits per heavy atom. The molecule has 0 aliphatic heterocycles. The van der Waals surface area contributed by atoms with Crippen molar-refractivity contribution in [2.75, 3.05) is 12.9 Å². The van der Waals surface area contributed by atoms with Crippen LogP contribution in [0.25, 0.3) is 0 Å². The minimum absolute atomic E-state index is 0.119. The van der Waals surface area contributed by atoms with E-state index in [-0.39, 0.29) is 5.97 Å². The molecular weight excluding hydrogens is 356 g/mol. The molecule has 0 aromatic heterocycles. The highest BCUT2D eigenvalue weighted by Gasteiger charge is 2.27. The predicted octanol–water partition coefficient (Wildman–Crippen LogP) is 4.76. The third kappa shape index (κ3) is 5.01. The average molecular weight is 375 g/mol. The monoisotopic (exact) mass is 374 g/mol. The van der Waals surface area contributed by atoms with Gasteiger partial charge in [0.25, 0.3) is 0 Å². The average Bonchev–Trinajstić information content (AvgIpc) is 2.46. The first kappa shape index (κ1) is 16.2. The molecule has 0 N–H and O–H groups in total. The normalized spacial score (nSPS) is 22.5. The summed E-state index contributed by atoms with van der Waals surface area (Å²) >= 11 is 7.22. The summed E-state index contributed by atoms with van der Waals surface area (Å²) < 4.78 is 5.86. The SMILES string of the molecule is COC(=O)CSC1CCCCC1Sc1cccc(Br)c1. The Morgan fingerprint density at radius 2 is 2.10 bits per heavy atom. The van der Waals surface area contributed by atoms with E-state index in [1.54, 1.807) is 11.8 Å². The lowest BCUT2D eigenvalue weighted by Crippen LogP contribution is -2.25. The Balaban J connectivity index is 1.94. The van der Waals surface area contributed by atoms with Crippen molar-refractivity contribution in [1.29, 1.82) is 0 Å². The fraction of sp³-hybridized carbons (Fsp3) is 0.533. The summed E-state index contributed by atoms with van der Waals surface area (Å²) in [5, 5.41) is 1.14. The van der Waals surface area contributed by atoms with E-state index < -0.39 is 0 Å². The summed E-state index contributed by atoms with van der Waals surface area (Å²) in [5.41, 5.74) is 0. The third-order valence-electron chi connectivity index (χ3n) is 3.37. The van der Waals surface area contributed by atoms with Gasteiger partial charge in [0.1, 0.15) is 0 Å². The van der Waals surface area contributed by atoms with Crippen LogP contribution in [-0.4, -0.2) is 29.3 Å². The molecular formula is C15H19BrO2S2. The van der Waals surface area contributed by atoms with Gasteiger partial charge in [-0.2, -0.15) is 0 Å². The molecule has 0 spiro atoms. The molecule has 20 heavy (non-hydrogen) atoms. The van der Waals surface area contributed by atoms with Crippen molar-refractivity contribution in [3.05, 3.63) is 28.7 Å². The Kier molecular flexibility index (Phi) is 6.78. The first-order valence-corrected chi connectivity index (χ1v) is 9.52. The van der Waals surface area contributed by atoms with Gasteiger partial charge in [0, 0.05) is 19.9 Å². The fourth-order valence-electron chi connectivity index (χ4n) is 2.34. The lowest BCUT2D eigenvalue weighted by atomic mass is 10.00. The van der Waals surface area contributed by atoms with E-state index in [0.717, 1.165) is 4.47 Å². The van der Waals surface area contributed by atoms with Gasteiger partial charge < -0.3 is 4.74 Å². The molecule has 0 heterocycles. The lowest BCUT2D eigenvalue weighted by molar-refractivity contribution is -0.137. The topological polar surface area (TPSA) is 26.3 Å². The van der Waals surface area contributed by atoms with Crippen LogP contribution in [0.1, 0.15) is 25.7 Å². The number of carbonyl (C=O) groups excluding carboxylic acids is 1. The Morgan fingerprint density at radius 1 is 1.35 bits per heavy atom. The predicted molar refractivity (Wildman–Crippen MR) is 90.5 cm³/mol. The molecule has 1 aromatic carbocycles. The number of ether oxygens (including phenoxy) is 1. The zero-order valence-corrected chi connectivity index (χ0v) is 14.7. The lowest BCUT2D eigenvalue weighted by Gasteiger charge is -2.30. The van der Waals surface area contributed by atoms with Gasteiger partial charge in [-0.3, -0.25) is 4.79 Å². The van der Waals surface area contributed by atoms with Gasteiger partial charge in [0.05, 0.1) is 12.9 Å². The van der Waals surface area contributed by atoms with Crippen LogP contribution in [0.4, 0.5) is 0 Å². The zero-order chi connectivity index (χ0) is 14.4. The standard InChI is InChI=1S/C15H19BrO2S2/c1-18-15(17)10-19-13-7-2-3-8-14(13)20-12-6-4-5-11(16)9-12/h4-6,9,13-14H,2-3,7-8,10H2,1H3. The van der Waals surface area contributed by atoms with Gasteiger partial charge in [-0.15, -0.1) is 23.5 Å². The summed E-state index contributed by atoms with van der Waals surface area (Å²) in [6, 6.07) is 8.45. The van der Waals surface area contributed by atoms with Crippen molar-refractivity contribution in [1.82, 2.24) is 0 Å². The number of esters is 1. The number of carbonyl (C=O) groups is 1. The summed E-state index contributed by atoms with van der Waals surface area (Å²) in [6.45, 7) is 0. The van der Waals surface area contributed by atoms with Crippen LogP contribution in [0.5, 0.6) is 0 Å². The van der Waals surface area contributed by atoms with Crippen molar-refractivity contribution in [2.24, 2.45) is 0 Å². The highest BCUT2D eigenvalue weighted by atomic mass is 79.9. The second kappa shape index (κ2) is 8.35. The number of methoxy groups -OCH3 is 1. The van der Waals surface area contributed by atoms with Gasteiger partial charge in [0.15, 0.2) is 0 Å². The molecule has 1 aliphatic carbocycles. The van der Waals surface area contributed by atoms with Crippen LogP contribution >= 0.6 is 39.5 Å². The maximum Gasteiger partial charge on any atom is 0.315 e.